The van der Waals surface area contributed by atoms with Gasteiger partial charge < -0.3 is 5.32 Å². The summed E-state index contributed by atoms with van der Waals surface area (Å²) in [7, 11) is 1.95. The highest BCUT2D eigenvalue weighted by atomic mass is 32.1. The largest absolute Gasteiger partial charge is 0.365 e. The van der Waals surface area contributed by atoms with Gasteiger partial charge >= 0.3 is 0 Å². The van der Waals surface area contributed by atoms with Crippen molar-refractivity contribution >= 4 is 16.5 Å². The van der Waals surface area contributed by atoms with Crippen LogP contribution in [0.1, 0.15) is 36.5 Å². The van der Waals surface area contributed by atoms with Crippen LogP contribution in [0.2, 0.25) is 0 Å². The Kier molecular flexibility index (Phi) is 2.01. The number of nitrogens with one attached hydrogen (secondary N) is 1. The zero-order valence-corrected chi connectivity index (χ0v) is 9.31. The van der Waals surface area contributed by atoms with E-state index in [0.717, 1.165) is 22.9 Å². The predicted octanol–water partition coefficient (Wildman–Crippen LogP) is 3.09. The molecule has 76 valence electrons. The topological polar surface area (TPSA) is 24.9 Å². The molecule has 0 aliphatic heterocycles. The Labute approximate surface area is 88.7 Å². The SMILES string of the molecule is CNc1ncc(C2CC3CCC2C3)s1. The summed E-state index contributed by atoms with van der Waals surface area (Å²) >= 11 is 1.85. The maximum atomic E-state index is 4.37. The lowest BCUT2D eigenvalue weighted by atomic mass is 9.88. The molecule has 3 unspecified atom stereocenters. The smallest absolute Gasteiger partial charge is 0.182 e. The van der Waals surface area contributed by atoms with E-state index < -0.39 is 0 Å². The van der Waals surface area contributed by atoms with E-state index in [1.165, 1.54) is 30.6 Å². The van der Waals surface area contributed by atoms with Crippen LogP contribution < -0.4 is 5.32 Å². The fraction of sp³-hybridized carbons (Fsp3) is 0.727. The van der Waals surface area contributed by atoms with Gasteiger partial charge in [0.2, 0.25) is 0 Å². The van der Waals surface area contributed by atoms with Crippen LogP contribution in [0.15, 0.2) is 6.20 Å². The van der Waals surface area contributed by atoms with Crippen LogP contribution in [0, 0.1) is 11.8 Å². The van der Waals surface area contributed by atoms with E-state index in [0.29, 0.717) is 0 Å². The summed E-state index contributed by atoms with van der Waals surface area (Å²) < 4.78 is 0. The average molecular weight is 208 g/mol. The normalized spacial score (nSPS) is 35.1. The maximum Gasteiger partial charge on any atom is 0.182 e. The van der Waals surface area contributed by atoms with Crippen molar-refractivity contribution in [1.29, 1.82) is 0 Å². The number of nitrogens with zero attached hydrogens (tertiary/aromatic N) is 1. The van der Waals surface area contributed by atoms with Crippen molar-refractivity contribution in [2.24, 2.45) is 11.8 Å². The third-order valence-electron chi connectivity index (χ3n) is 3.84. The highest BCUT2D eigenvalue weighted by Gasteiger charge is 2.40. The van der Waals surface area contributed by atoms with E-state index in [1.807, 2.05) is 18.4 Å². The lowest BCUT2D eigenvalue weighted by molar-refractivity contribution is 0.424. The average Bonchev–Trinajstić information content (AvgIpc) is 2.93. The molecule has 3 atom stereocenters. The van der Waals surface area contributed by atoms with Gasteiger partial charge in [-0.25, -0.2) is 4.98 Å². The first-order chi connectivity index (χ1) is 6.86. The van der Waals surface area contributed by atoms with E-state index in [-0.39, 0.29) is 0 Å². The van der Waals surface area contributed by atoms with Crippen molar-refractivity contribution in [1.82, 2.24) is 4.98 Å². The Morgan fingerprint density at radius 3 is 2.93 bits per heavy atom. The van der Waals surface area contributed by atoms with Gasteiger partial charge in [0.05, 0.1) is 0 Å². The summed E-state index contributed by atoms with van der Waals surface area (Å²) in [5.74, 6) is 2.85. The highest BCUT2D eigenvalue weighted by molar-refractivity contribution is 7.15. The molecule has 2 nitrogen and oxygen atoms in total. The summed E-state index contributed by atoms with van der Waals surface area (Å²) in [5, 5.41) is 4.19. The van der Waals surface area contributed by atoms with E-state index in [2.05, 4.69) is 16.5 Å². The van der Waals surface area contributed by atoms with Crippen LogP contribution in [0.5, 0.6) is 0 Å². The number of thiazole rings is 1. The van der Waals surface area contributed by atoms with Gasteiger partial charge in [0, 0.05) is 18.1 Å². The lowest BCUT2D eigenvalue weighted by Crippen LogP contribution is -2.06. The van der Waals surface area contributed by atoms with Crippen molar-refractivity contribution in [3.63, 3.8) is 0 Å². The Morgan fingerprint density at radius 1 is 1.43 bits per heavy atom. The summed E-state index contributed by atoms with van der Waals surface area (Å²) in [5.41, 5.74) is 0. The molecular formula is C11H16N2S. The van der Waals surface area contributed by atoms with Crippen molar-refractivity contribution < 1.29 is 0 Å². The quantitative estimate of drug-likeness (QED) is 0.808. The first-order valence-corrected chi connectivity index (χ1v) is 6.32. The molecular weight excluding hydrogens is 192 g/mol. The molecule has 3 rings (SSSR count). The van der Waals surface area contributed by atoms with Gasteiger partial charge in [-0.05, 0) is 37.0 Å². The second-order valence-electron chi connectivity index (χ2n) is 4.60. The van der Waals surface area contributed by atoms with Gasteiger partial charge in [-0.2, -0.15) is 0 Å². The van der Waals surface area contributed by atoms with Crippen LogP contribution in [0.25, 0.3) is 0 Å². The standard InChI is InChI=1S/C11H16N2S/c1-12-11-13-6-10(14-11)9-5-7-2-3-8(9)4-7/h6-9H,2-5H2,1H3,(H,12,13). The Morgan fingerprint density at radius 2 is 2.36 bits per heavy atom. The number of hydrogen-bond donors (Lipinski definition) is 1. The summed E-state index contributed by atoms with van der Waals surface area (Å²) in [4.78, 5) is 5.89. The molecule has 1 aromatic heterocycles. The minimum absolute atomic E-state index is 0.841. The fourth-order valence-electron chi connectivity index (χ4n) is 3.17. The molecule has 0 saturated heterocycles. The number of fused-ring (bicyclic) bond motifs is 2. The maximum absolute atomic E-state index is 4.37. The van der Waals surface area contributed by atoms with Gasteiger partial charge in [0.1, 0.15) is 0 Å². The third kappa shape index (κ3) is 1.26. The minimum Gasteiger partial charge on any atom is -0.365 e. The summed E-state index contributed by atoms with van der Waals surface area (Å²) in [6.45, 7) is 0. The molecule has 2 aliphatic carbocycles. The minimum atomic E-state index is 0.841. The molecule has 2 fully saturated rings. The van der Waals surface area contributed by atoms with Gasteiger partial charge in [-0.3, -0.25) is 0 Å². The number of aromatic nitrogens is 1. The number of rotatable bonds is 2. The second-order valence-corrected chi connectivity index (χ2v) is 5.66. The Hall–Kier alpha value is -0.570. The van der Waals surface area contributed by atoms with Gasteiger partial charge in [0.25, 0.3) is 0 Å². The third-order valence-corrected chi connectivity index (χ3v) is 4.99. The molecule has 2 bridgehead atoms. The van der Waals surface area contributed by atoms with E-state index in [1.54, 1.807) is 0 Å². The molecule has 2 aliphatic rings. The second kappa shape index (κ2) is 3.23. The van der Waals surface area contributed by atoms with E-state index >= 15 is 0 Å². The van der Waals surface area contributed by atoms with Crippen molar-refractivity contribution in [3.8, 4) is 0 Å². The van der Waals surface area contributed by atoms with Crippen molar-refractivity contribution in [3.05, 3.63) is 11.1 Å². The van der Waals surface area contributed by atoms with Gasteiger partial charge in [-0.1, -0.05) is 6.42 Å². The lowest BCUT2D eigenvalue weighted by Gasteiger charge is -2.19. The summed E-state index contributed by atoms with van der Waals surface area (Å²) in [6, 6.07) is 0. The molecule has 1 N–H and O–H groups in total. The van der Waals surface area contributed by atoms with Crippen LogP contribution in [0.4, 0.5) is 5.13 Å². The molecule has 0 aromatic carbocycles. The van der Waals surface area contributed by atoms with Crippen LogP contribution in [0.3, 0.4) is 0 Å². The summed E-state index contributed by atoms with van der Waals surface area (Å²) in [6.07, 6.45) is 7.94. The molecule has 3 heteroatoms. The molecule has 14 heavy (non-hydrogen) atoms. The molecule has 2 saturated carbocycles. The van der Waals surface area contributed by atoms with Crippen LogP contribution >= 0.6 is 11.3 Å². The van der Waals surface area contributed by atoms with Crippen LogP contribution in [-0.4, -0.2) is 12.0 Å². The number of anilines is 1. The number of hydrogen-bond acceptors (Lipinski definition) is 3. The van der Waals surface area contributed by atoms with Gasteiger partial charge in [-0.15, -0.1) is 11.3 Å². The Balaban J connectivity index is 1.82. The van der Waals surface area contributed by atoms with E-state index in [9.17, 15) is 0 Å². The molecule has 1 aromatic rings. The highest BCUT2D eigenvalue weighted by Crippen LogP contribution is 2.53. The molecule has 0 amide bonds. The first-order valence-electron chi connectivity index (χ1n) is 5.50. The first kappa shape index (κ1) is 8.72. The fourth-order valence-corrected chi connectivity index (χ4v) is 4.14. The zero-order chi connectivity index (χ0) is 9.54. The van der Waals surface area contributed by atoms with Crippen molar-refractivity contribution in [2.75, 3.05) is 12.4 Å². The zero-order valence-electron chi connectivity index (χ0n) is 8.49. The molecule has 1 heterocycles. The molecule has 0 radical (unpaired) electrons. The Bertz CT molecular complexity index is 334. The van der Waals surface area contributed by atoms with E-state index in [4.69, 9.17) is 0 Å². The van der Waals surface area contributed by atoms with Crippen molar-refractivity contribution in [2.45, 2.75) is 31.6 Å². The van der Waals surface area contributed by atoms with Gasteiger partial charge in [0.15, 0.2) is 5.13 Å². The monoisotopic (exact) mass is 208 g/mol. The van der Waals surface area contributed by atoms with Crippen LogP contribution in [-0.2, 0) is 0 Å². The molecule has 0 spiro atoms. The predicted molar refractivity (Wildman–Crippen MR) is 59.8 cm³/mol.